The fourth-order valence-corrected chi connectivity index (χ4v) is 3.21. The average Bonchev–Trinajstić information content (AvgIpc) is 2.85. The lowest BCUT2D eigenvalue weighted by Gasteiger charge is -2.33. The van der Waals surface area contributed by atoms with Gasteiger partial charge in [-0.15, -0.1) is 0 Å². The summed E-state index contributed by atoms with van der Waals surface area (Å²) >= 11 is 0. The molecule has 2 saturated heterocycles. The predicted octanol–water partition coefficient (Wildman–Crippen LogP) is 2.68. The van der Waals surface area contributed by atoms with Crippen LogP contribution in [0.25, 0.3) is 0 Å². The third-order valence-corrected chi connectivity index (χ3v) is 4.18. The molecule has 110 valence electrons. The smallest absolute Gasteiger partial charge is 0.253 e. The van der Waals surface area contributed by atoms with E-state index in [4.69, 9.17) is 0 Å². The van der Waals surface area contributed by atoms with Gasteiger partial charge in [-0.2, -0.15) is 22.5 Å². The monoisotopic (exact) mass is 289 g/mol. The Morgan fingerprint density at radius 1 is 0.950 bits per heavy atom. The van der Waals surface area contributed by atoms with Gasteiger partial charge in [0.05, 0.1) is 0 Å². The first-order chi connectivity index (χ1) is 9.58. The van der Waals surface area contributed by atoms with Crippen molar-refractivity contribution in [2.45, 2.75) is 37.8 Å². The van der Waals surface area contributed by atoms with Crippen molar-refractivity contribution >= 4 is 5.69 Å². The molecule has 3 heterocycles. The fraction of sp³-hybridized carbons (Fsp3) is 0.615. The first-order valence-corrected chi connectivity index (χ1v) is 6.78. The molecular weight excluding hydrogens is 274 g/mol. The SMILES string of the molecule is Fc1nc(F)c(F)c(NC2CCN3CCCCC23)c1F. The molecule has 0 spiro atoms. The van der Waals surface area contributed by atoms with Crippen LogP contribution in [0, 0.1) is 23.5 Å². The van der Waals surface area contributed by atoms with Gasteiger partial charge in [-0.25, -0.2) is 0 Å². The predicted molar refractivity (Wildman–Crippen MR) is 65.3 cm³/mol. The number of pyridine rings is 1. The molecule has 20 heavy (non-hydrogen) atoms. The third kappa shape index (κ3) is 2.24. The lowest BCUT2D eigenvalue weighted by Crippen LogP contribution is -2.42. The summed E-state index contributed by atoms with van der Waals surface area (Å²) < 4.78 is 53.4. The minimum absolute atomic E-state index is 0.168. The number of anilines is 1. The van der Waals surface area contributed by atoms with Crippen LogP contribution in [0.3, 0.4) is 0 Å². The van der Waals surface area contributed by atoms with E-state index in [1.807, 2.05) is 0 Å². The van der Waals surface area contributed by atoms with Crippen LogP contribution in [-0.2, 0) is 0 Å². The lowest BCUT2D eigenvalue weighted by atomic mass is 9.99. The summed E-state index contributed by atoms with van der Waals surface area (Å²) in [6.45, 7) is 1.80. The van der Waals surface area contributed by atoms with Crippen molar-refractivity contribution in [1.29, 1.82) is 0 Å². The number of aromatic nitrogens is 1. The van der Waals surface area contributed by atoms with E-state index in [9.17, 15) is 17.6 Å². The molecule has 3 nitrogen and oxygen atoms in total. The summed E-state index contributed by atoms with van der Waals surface area (Å²) in [5, 5.41) is 2.65. The summed E-state index contributed by atoms with van der Waals surface area (Å²) in [5.41, 5.74) is -0.743. The molecule has 0 saturated carbocycles. The number of piperidine rings is 1. The van der Waals surface area contributed by atoms with Crippen LogP contribution in [0.4, 0.5) is 23.2 Å². The molecular formula is C13H15F4N3. The van der Waals surface area contributed by atoms with Gasteiger partial charge in [0.1, 0.15) is 5.69 Å². The highest BCUT2D eigenvalue weighted by molar-refractivity contribution is 5.46. The van der Waals surface area contributed by atoms with Crippen molar-refractivity contribution in [3.05, 3.63) is 23.5 Å². The Morgan fingerprint density at radius 3 is 2.35 bits per heavy atom. The minimum Gasteiger partial charge on any atom is -0.376 e. The maximum absolute atomic E-state index is 13.6. The van der Waals surface area contributed by atoms with Gasteiger partial charge in [0.15, 0.2) is 0 Å². The number of rotatable bonds is 2. The summed E-state index contributed by atoms with van der Waals surface area (Å²) in [4.78, 5) is 4.81. The van der Waals surface area contributed by atoms with Crippen LogP contribution < -0.4 is 5.32 Å². The molecule has 7 heteroatoms. The Kier molecular flexibility index (Phi) is 3.54. The maximum Gasteiger partial charge on any atom is 0.253 e. The van der Waals surface area contributed by atoms with E-state index in [-0.39, 0.29) is 12.1 Å². The largest absolute Gasteiger partial charge is 0.376 e. The highest BCUT2D eigenvalue weighted by atomic mass is 19.2. The number of hydrogen-bond donors (Lipinski definition) is 1. The molecule has 3 rings (SSSR count). The van der Waals surface area contributed by atoms with Crippen molar-refractivity contribution < 1.29 is 17.6 Å². The van der Waals surface area contributed by atoms with Crippen LogP contribution in [0.2, 0.25) is 0 Å². The minimum atomic E-state index is -1.62. The van der Waals surface area contributed by atoms with Crippen molar-refractivity contribution in [3.8, 4) is 0 Å². The van der Waals surface area contributed by atoms with Gasteiger partial charge in [-0.3, -0.25) is 4.90 Å². The molecule has 1 N–H and O–H groups in total. The third-order valence-electron chi connectivity index (χ3n) is 4.18. The molecule has 0 radical (unpaired) electrons. The molecule has 2 aliphatic rings. The molecule has 2 aliphatic heterocycles. The summed E-state index contributed by atoms with van der Waals surface area (Å²) in [7, 11) is 0. The zero-order chi connectivity index (χ0) is 14.3. The quantitative estimate of drug-likeness (QED) is 0.670. The number of nitrogens with one attached hydrogen (secondary N) is 1. The molecule has 2 atom stereocenters. The molecule has 0 aliphatic carbocycles. The lowest BCUT2D eigenvalue weighted by molar-refractivity contribution is 0.192. The van der Waals surface area contributed by atoms with E-state index >= 15 is 0 Å². The molecule has 1 aromatic heterocycles. The molecule has 0 aromatic carbocycles. The van der Waals surface area contributed by atoms with Gasteiger partial charge in [-0.1, -0.05) is 6.42 Å². The fourth-order valence-electron chi connectivity index (χ4n) is 3.21. The Labute approximate surface area is 114 Å². The van der Waals surface area contributed by atoms with E-state index in [0.717, 1.165) is 32.4 Å². The van der Waals surface area contributed by atoms with E-state index < -0.39 is 29.2 Å². The van der Waals surface area contributed by atoms with E-state index in [1.165, 1.54) is 0 Å². The second-order valence-electron chi connectivity index (χ2n) is 5.33. The molecule has 1 aromatic rings. The van der Waals surface area contributed by atoms with Gasteiger partial charge >= 0.3 is 0 Å². The number of hydrogen-bond acceptors (Lipinski definition) is 3. The second kappa shape index (κ2) is 5.20. The zero-order valence-corrected chi connectivity index (χ0v) is 10.8. The number of nitrogens with zero attached hydrogens (tertiary/aromatic N) is 2. The Hall–Kier alpha value is -1.37. The molecule has 0 amide bonds. The van der Waals surface area contributed by atoms with Crippen molar-refractivity contribution in [2.24, 2.45) is 0 Å². The molecule has 2 unspecified atom stereocenters. The van der Waals surface area contributed by atoms with Crippen LogP contribution in [0.1, 0.15) is 25.7 Å². The first kappa shape index (κ1) is 13.6. The van der Waals surface area contributed by atoms with E-state index in [0.29, 0.717) is 6.42 Å². The molecule has 2 fully saturated rings. The van der Waals surface area contributed by atoms with Gasteiger partial charge in [0.2, 0.25) is 11.6 Å². The first-order valence-electron chi connectivity index (χ1n) is 6.78. The van der Waals surface area contributed by atoms with Gasteiger partial charge in [0, 0.05) is 18.6 Å². The molecule has 0 bridgehead atoms. The summed E-state index contributed by atoms with van der Waals surface area (Å²) in [6, 6.07) is -0.0256. The maximum atomic E-state index is 13.6. The van der Waals surface area contributed by atoms with Crippen molar-refractivity contribution in [2.75, 3.05) is 18.4 Å². The van der Waals surface area contributed by atoms with Gasteiger partial charge < -0.3 is 5.32 Å². The topological polar surface area (TPSA) is 28.2 Å². The summed E-state index contributed by atoms with van der Waals surface area (Å²) in [6.07, 6.45) is 3.81. The van der Waals surface area contributed by atoms with Gasteiger partial charge in [0.25, 0.3) is 11.9 Å². The standard InChI is InChI=1S/C13H15F4N3/c14-9-11(10(15)13(17)19-12(9)16)18-7-4-6-20-5-2-1-3-8(7)20/h7-8H,1-6H2,(H,18,19). The Bertz CT molecular complexity index is 497. The normalized spacial score (nSPS) is 26.6. The highest BCUT2D eigenvalue weighted by Crippen LogP contribution is 2.31. The van der Waals surface area contributed by atoms with Crippen molar-refractivity contribution in [1.82, 2.24) is 9.88 Å². The Morgan fingerprint density at radius 2 is 1.65 bits per heavy atom. The zero-order valence-electron chi connectivity index (χ0n) is 10.8. The van der Waals surface area contributed by atoms with E-state index in [2.05, 4.69) is 15.2 Å². The van der Waals surface area contributed by atoms with Crippen LogP contribution in [-0.4, -0.2) is 35.1 Å². The Balaban J connectivity index is 1.85. The van der Waals surface area contributed by atoms with Crippen LogP contribution >= 0.6 is 0 Å². The van der Waals surface area contributed by atoms with Crippen molar-refractivity contribution in [3.63, 3.8) is 0 Å². The summed E-state index contributed by atoms with van der Waals surface area (Å²) in [5.74, 6) is -6.16. The number of halogens is 4. The second-order valence-corrected chi connectivity index (χ2v) is 5.33. The van der Waals surface area contributed by atoms with Crippen LogP contribution in [0.5, 0.6) is 0 Å². The van der Waals surface area contributed by atoms with E-state index in [1.54, 1.807) is 0 Å². The highest BCUT2D eigenvalue weighted by Gasteiger charge is 2.36. The van der Waals surface area contributed by atoms with Gasteiger partial charge in [-0.05, 0) is 25.8 Å². The van der Waals surface area contributed by atoms with Crippen LogP contribution in [0.15, 0.2) is 0 Å². The number of fused-ring (bicyclic) bond motifs is 1. The average molecular weight is 289 g/mol.